The zero-order valence-corrected chi connectivity index (χ0v) is 6.33. The number of aromatic nitrogens is 2. The lowest BCUT2D eigenvalue weighted by molar-refractivity contribution is 0.0694. The van der Waals surface area contributed by atoms with Crippen molar-refractivity contribution < 1.29 is 15.0 Å². The first-order valence-corrected chi connectivity index (χ1v) is 3.06. The van der Waals surface area contributed by atoms with E-state index in [2.05, 4.69) is 5.10 Å². The predicted molar refractivity (Wildman–Crippen MR) is 36.8 cm³/mol. The molecule has 1 heterocycles. The highest BCUT2D eigenvalue weighted by Crippen LogP contribution is 2.23. The highest BCUT2D eigenvalue weighted by molar-refractivity contribution is 6.32. The molecule has 1 aromatic heterocycles. The van der Waals surface area contributed by atoms with E-state index >= 15 is 0 Å². The lowest BCUT2D eigenvalue weighted by Gasteiger charge is -1.89. The predicted octanol–water partition coefficient (Wildman–Crippen LogP) is 0.477. The Morgan fingerprint density at radius 1 is 1.73 bits per heavy atom. The molecule has 0 aliphatic heterocycles. The van der Waals surface area contributed by atoms with Gasteiger partial charge in [-0.1, -0.05) is 11.6 Å². The number of hydrogen-bond donors (Lipinski definition) is 2. The number of aromatic carboxylic acids is 1. The minimum absolute atomic E-state index is 0.0880. The van der Waals surface area contributed by atoms with Crippen molar-refractivity contribution in [2.45, 2.75) is 0 Å². The van der Waals surface area contributed by atoms with Crippen LogP contribution >= 0.6 is 11.6 Å². The van der Waals surface area contributed by atoms with Gasteiger partial charge in [-0.2, -0.15) is 0 Å². The summed E-state index contributed by atoms with van der Waals surface area (Å²) >= 11 is 5.47. The molecule has 0 aliphatic carbocycles. The molecule has 0 spiro atoms. The van der Waals surface area contributed by atoms with Crippen molar-refractivity contribution in [1.29, 1.82) is 0 Å². The van der Waals surface area contributed by atoms with E-state index in [-0.39, 0.29) is 10.7 Å². The summed E-state index contributed by atoms with van der Waals surface area (Å²) in [6.07, 6.45) is 0. The fourth-order valence-electron chi connectivity index (χ4n) is 0.674. The molecular formula is C5H5ClN2O3. The minimum atomic E-state index is -1.29. The Bertz CT molecular complexity index is 307. The van der Waals surface area contributed by atoms with Crippen LogP contribution in [0.1, 0.15) is 10.4 Å². The summed E-state index contributed by atoms with van der Waals surface area (Å²) in [5.41, 5.74) is -0.367. The molecule has 1 rings (SSSR count). The van der Waals surface area contributed by atoms with Gasteiger partial charge in [0.25, 0.3) is 0 Å². The van der Waals surface area contributed by atoms with E-state index in [0.29, 0.717) is 0 Å². The number of aromatic hydroxyl groups is 1. The van der Waals surface area contributed by atoms with Gasteiger partial charge < -0.3 is 10.2 Å². The van der Waals surface area contributed by atoms with Crippen LogP contribution in [0.3, 0.4) is 0 Å². The third-order valence-electron chi connectivity index (χ3n) is 1.17. The van der Waals surface area contributed by atoms with Crippen molar-refractivity contribution in [2.24, 2.45) is 7.05 Å². The Labute approximate surface area is 66.8 Å². The van der Waals surface area contributed by atoms with Crippen molar-refractivity contribution >= 4 is 17.6 Å². The van der Waals surface area contributed by atoms with Crippen LogP contribution in [0.15, 0.2) is 0 Å². The molecule has 0 aromatic carbocycles. The maximum absolute atomic E-state index is 10.4. The van der Waals surface area contributed by atoms with Crippen molar-refractivity contribution in [1.82, 2.24) is 9.78 Å². The molecule has 0 amide bonds. The zero-order chi connectivity index (χ0) is 8.59. The van der Waals surface area contributed by atoms with E-state index in [1.165, 1.54) is 7.05 Å². The molecule has 0 saturated heterocycles. The third-order valence-corrected chi connectivity index (χ3v) is 1.61. The molecule has 0 aliphatic rings. The van der Waals surface area contributed by atoms with Gasteiger partial charge in [0, 0.05) is 7.05 Å². The Morgan fingerprint density at radius 3 is 2.45 bits per heavy atom. The topological polar surface area (TPSA) is 75.3 Å². The number of carboxylic acids is 1. The number of aryl methyl sites for hydroxylation is 1. The fraction of sp³-hybridized carbons (Fsp3) is 0.200. The second-order valence-corrected chi connectivity index (χ2v) is 2.28. The molecule has 1 aromatic rings. The first-order chi connectivity index (χ1) is 5.04. The molecule has 60 valence electrons. The molecule has 6 heteroatoms. The van der Waals surface area contributed by atoms with E-state index < -0.39 is 11.8 Å². The standard InChI is InChI=1S/C5H5ClN2O3/c1-8-3(6)2(5(10)11)4(9)7-8/h1H3,(H,7,9)(H,10,11). The van der Waals surface area contributed by atoms with Crippen molar-refractivity contribution in [3.8, 4) is 5.88 Å². The smallest absolute Gasteiger partial charge is 0.344 e. The lowest BCUT2D eigenvalue weighted by Crippen LogP contribution is -1.96. The van der Waals surface area contributed by atoms with Crippen LogP contribution in [0.2, 0.25) is 5.15 Å². The molecular weight excluding hydrogens is 172 g/mol. The Kier molecular flexibility index (Phi) is 1.74. The number of rotatable bonds is 1. The van der Waals surface area contributed by atoms with Gasteiger partial charge in [0.15, 0.2) is 5.56 Å². The second-order valence-electron chi connectivity index (χ2n) is 1.92. The van der Waals surface area contributed by atoms with Crippen LogP contribution in [0.25, 0.3) is 0 Å². The zero-order valence-electron chi connectivity index (χ0n) is 5.58. The first kappa shape index (κ1) is 7.87. The quantitative estimate of drug-likeness (QED) is 0.653. The Balaban J connectivity index is 3.34. The number of halogens is 1. The highest BCUT2D eigenvalue weighted by atomic mass is 35.5. The average molecular weight is 177 g/mol. The summed E-state index contributed by atoms with van der Waals surface area (Å²) in [4.78, 5) is 10.4. The van der Waals surface area contributed by atoms with Crippen LogP contribution in [-0.2, 0) is 7.05 Å². The molecule has 0 unspecified atom stereocenters. The number of nitrogens with zero attached hydrogens (tertiary/aromatic N) is 2. The van der Waals surface area contributed by atoms with Gasteiger partial charge in [-0.15, -0.1) is 5.10 Å². The van der Waals surface area contributed by atoms with Crippen LogP contribution in [-0.4, -0.2) is 26.0 Å². The number of carbonyl (C=O) groups is 1. The molecule has 0 fully saturated rings. The Hall–Kier alpha value is -1.23. The van der Waals surface area contributed by atoms with E-state index in [0.717, 1.165) is 4.68 Å². The van der Waals surface area contributed by atoms with Gasteiger partial charge in [-0.05, 0) is 0 Å². The molecule has 0 radical (unpaired) electrons. The van der Waals surface area contributed by atoms with Gasteiger partial charge in [-0.3, -0.25) is 4.68 Å². The molecule has 0 atom stereocenters. The maximum Gasteiger partial charge on any atom is 0.344 e. The maximum atomic E-state index is 10.4. The second kappa shape index (κ2) is 2.43. The summed E-state index contributed by atoms with van der Waals surface area (Å²) in [5.74, 6) is -1.86. The van der Waals surface area contributed by atoms with Crippen LogP contribution in [0, 0.1) is 0 Å². The van der Waals surface area contributed by atoms with E-state index in [9.17, 15) is 4.79 Å². The summed E-state index contributed by atoms with van der Waals surface area (Å²) in [6.45, 7) is 0. The average Bonchev–Trinajstić information content (AvgIpc) is 2.07. The minimum Gasteiger partial charge on any atom is -0.492 e. The lowest BCUT2D eigenvalue weighted by atomic mass is 10.3. The monoisotopic (exact) mass is 176 g/mol. The number of carboxylic acid groups (broad SMARTS) is 1. The largest absolute Gasteiger partial charge is 0.492 e. The van der Waals surface area contributed by atoms with Crippen molar-refractivity contribution in [3.05, 3.63) is 10.7 Å². The van der Waals surface area contributed by atoms with Gasteiger partial charge in [-0.25, -0.2) is 4.79 Å². The van der Waals surface area contributed by atoms with Crippen molar-refractivity contribution in [2.75, 3.05) is 0 Å². The third kappa shape index (κ3) is 1.14. The van der Waals surface area contributed by atoms with Crippen molar-refractivity contribution in [3.63, 3.8) is 0 Å². The van der Waals surface area contributed by atoms with Crippen LogP contribution in [0.4, 0.5) is 0 Å². The van der Waals surface area contributed by atoms with E-state index in [1.807, 2.05) is 0 Å². The molecule has 0 bridgehead atoms. The highest BCUT2D eigenvalue weighted by Gasteiger charge is 2.19. The first-order valence-electron chi connectivity index (χ1n) is 2.68. The fourth-order valence-corrected chi connectivity index (χ4v) is 0.877. The number of hydrogen-bond acceptors (Lipinski definition) is 3. The normalized spacial score (nSPS) is 10.0. The molecule has 2 N–H and O–H groups in total. The van der Waals surface area contributed by atoms with Crippen LogP contribution < -0.4 is 0 Å². The van der Waals surface area contributed by atoms with E-state index in [4.69, 9.17) is 21.8 Å². The molecule has 11 heavy (non-hydrogen) atoms. The van der Waals surface area contributed by atoms with E-state index in [1.54, 1.807) is 0 Å². The summed E-state index contributed by atoms with van der Waals surface area (Å²) in [6, 6.07) is 0. The molecule has 5 nitrogen and oxygen atoms in total. The van der Waals surface area contributed by atoms with Gasteiger partial charge in [0.05, 0.1) is 0 Å². The SMILES string of the molecule is Cn1nc(O)c(C(=O)O)c1Cl. The summed E-state index contributed by atoms with van der Waals surface area (Å²) < 4.78 is 1.08. The van der Waals surface area contributed by atoms with Crippen LogP contribution in [0.5, 0.6) is 5.88 Å². The van der Waals surface area contributed by atoms with Gasteiger partial charge in [0.2, 0.25) is 5.88 Å². The Morgan fingerprint density at radius 2 is 2.27 bits per heavy atom. The summed E-state index contributed by atoms with van der Waals surface area (Å²) in [7, 11) is 1.44. The van der Waals surface area contributed by atoms with Gasteiger partial charge >= 0.3 is 5.97 Å². The van der Waals surface area contributed by atoms with Gasteiger partial charge in [0.1, 0.15) is 5.15 Å². The summed E-state index contributed by atoms with van der Waals surface area (Å²) in [5, 5.41) is 20.7. The molecule has 0 saturated carbocycles.